The van der Waals surface area contributed by atoms with Gasteiger partial charge in [-0.05, 0) is 37.1 Å². The third-order valence-corrected chi connectivity index (χ3v) is 5.17. The Morgan fingerprint density at radius 2 is 1.80 bits per heavy atom. The van der Waals surface area contributed by atoms with E-state index in [2.05, 4.69) is 19.5 Å². The zero-order chi connectivity index (χ0) is 22.2. The van der Waals surface area contributed by atoms with Crippen LogP contribution in [0.5, 0.6) is 0 Å². The molecule has 1 unspecified atom stereocenters. The monoisotopic (exact) mass is 440 g/mol. The lowest BCUT2D eigenvalue weighted by Gasteiger charge is -2.21. The van der Waals surface area contributed by atoms with Crippen molar-refractivity contribution in [1.29, 1.82) is 0 Å². The van der Waals surface area contributed by atoms with Gasteiger partial charge in [0, 0.05) is 4.57 Å². The number of aromatic amines is 2. The van der Waals surface area contributed by atoms with Crippen molar-refractivity contribution in [2.24, 2.45) is 0 Å². The third-order valence-electron chi connectivity index (χ3n) is 4.80. The van der Waals surface area contributed by atoms with Crippen LogP contribution in [-0.2, 0) is 15.6 Å². The highest BCUT2D eigenvalue weighted by molar-refractivity contribution is 7.32. The van der Waals surface area contributed by atoms with Crippen molar-refractivity contribution < 1.29 is 33.9 Å². The molecule has 0 saturated heterocycles. The summed E-state index contributed by atoms with van der Waals surface area (Å²) in [4.78, 5) is 41.6. The minimum absolute atomic E-state index is 0.0231. The first-order chi connectivity index (χ1) is 14.1. The van der Waals surface area contributed by atoms with Gasteiger partial charge in [-0.1, -0.05) is 0 Å². The average molecular weight is 440 g/mol. The van der Waals surface area contributed by atoms with E-state index in [4.69, 9.17) is 4.89 Å². The van der Waals surface area contributed by atoms with E-state index in [1.165, 1.54) is 4.57 Å². The minimum atomic E-state index is -2.98. The molecule has 0 saturated carbocycles. The first-order valence-electron chi connectivity index (χ1n) is 8.89. The Morgan fingerprint density at radius 1 is 1.13 bits per heavy atom. The van der Waals surface area contributed by atoms with Crippen LogP contribution in [0, 0.1) is 13.8 Å². The van der Waals surface area contributed by atoms with Crippen LogP contribution in [0.2, 0.25) is 0 Å². The number of aliphatic hydroxyl groups is 3. The van der Waals surface area contributed by atoms with E-state index in [9.17, 15) is 29.5 Å². The van der Waals surface area contributed by atoms with Gasteiger partial charge in [0.2, 0.25) is 5.52 Å². The molecule has 0 bridgehead atoms. The molecule has 0 amide bonds. The number of nitrogens with one attached hydrogen (secondary N) is 2. The molecule has 3 rings (SSSR count). The molecule has 2 heterocycles. The van der Waals surface area contributed by atoms with Gasteiger partial charge >= 0.3 is 19.6 Å². The van der Waals surface area contributed by atoms with E-state index in [-0.39, 0.29) is 17.7 Å². The summed E-state index contributed by atoms with van der Waals surface area (Å²) in [7, 11) is -2.98. The maximum Gasteiger partial charge on any atom is 0.694 e. The molecule has 0 spiro atoms. The van der Waals surface area contributed by atoms with Gasteiger partial charge in [0.25, 0.3) is 5.56 Å². The zero-order valence-electron chi connectivity index (χ0n) is 16.1. The summed E-state index contributed by atoms with van der Waals surface area (Å²) in [6.07, 6.45) is -4.98. The van der Waals surface area contributed by atoms with Crippen LogP contribution >= 0.6 is 8.25 Å². The molecule has 3 aromatic rings. The van der Waals surface area contributed by atoms with Gasteiger partial charge < -0.3 is 15.3 Å². The fourth-order valence-corrected chi connectivity index (χ4v) is 3.36. The van der Waals surface area contributed by atoms with Crippen LogP contribution in [-0.4, -0.2) is 60.1 Å². The molecular formula is C17H21N4O8P+2. The molecule has 0 aliphatic heterocycles. The Labute approximate surface area is 169 Å². The number of hydrogen-bond acceptors (Lipinski definition) is 8. The van der Waals surface area contributed by atoms with Gasteiger partial charge in [-0.3, -0.25) is 9.78 Å². The van der Waals surface area contributed by atoms with E-state index >= 15 is 0 Å². The molecule has 0 fully saturated rings. The van der Waals surface area contributed by atoms with Gasteiger partial charge in [0.1, 0.15) is 37.0 Å². The smallest absolute Gasteiger partial charge is 0.388 e. The second-order valence-electron chi connectivity index (χ2n) is 6.91. The molecule has 160 valence electrons. The third kappa shape index (κ3) is 4.43. The first kappa shape index (κ1) is 22.1. The molecule has 1 aromatic carbocycles. The Balaban J connectivity index is 2.12. The maximum absolute atomic E-state index is 12.3. The van der Waals surface area contributed by atoms with Crippen LogP contribution in [0.3, 0.4) is 0 Å². The number of aromatic nitrogens is 4. The maximum atomic E-state index is 12.3. The number of benzene rings is 1. The number of nitrogens with zero attached hydrogens (tertiary/aromatic N) is 2. The Morgan fingerprint density at radius 3 is 2.47 bits per heavy atom. The van der Waals surface area contributed by atoms with E-state index in [1.54, 1.807) is 12.1 Å². The van der Waals surface area contributed by atoms with Crippen LogP contribution in [0.4, 0.5) is 0 Å². The average Bonchev–Trinajstić information content (AvgIpc) is 2.67. The van der Waals surface area contributed by atoms with Gasteiger partial charge in [0.05, 0.1) is 0 Å². The lowest BCUT2D eigenvalue weighted by molar-refractivity contribution is -0.657. The van der Waals surface area contributed by atoms with Crippen molar-refractivity contribution in [3.05, 3.63) is 44.1 Å². The van der Waals surface area contributed by atoms with Crippen LogP contribution in [0.1, 0.15) is 11.1 Å². The Hall–Kier alpha value is -2.60. The summed E-state index contributed by atoms with van der Waals surface area (Å²) in [6.45, 7) is 2.71. The zero-order valence-corrected chi connectivity index (χ0v) is 17.0. The second kappa shape index (κ2) is 8.64. The summed E-state index contributed by atoms with van der Waals surface area (Å²) >= 11 is 0. The Kier molecular flexibility index (Phi) is 6.36. The molecule has 6 N–H and O–H groups in total. The number of aryl methyl sites for hydroxylation is 2. The standard InChI is InChI=1S/C17H19N4O8P/c1-7-3-9-10(4-8(7)2)21(15-13(18-9)16(25)20-17(26)19-15)5-11(22)14(24)12(23)6-29-30(27)28/h3-4,11-12,14,22-24H,5-6H2,1-2H3,(H-,20,25,26,27,28)/p+2/t11-,12+,14-/m0/s1. The van der Waals surface area contributed by atoms with E-state index < -0.39 is 44.4 Å². The fraction of sp³-hybridized carbons (Fsp3) is 0.412. The van der Waals surface area contributed by atoms with Gasteiger partial charge in [-0.15, -0.1) is 9.42 Å². The molecule has 0 aliphatic carbocycles. The van der Waals surface area contributed by atoms with E-state index in [1.807, 2.05) is 13.8 Å². The molecular weight excluding hydrogens is 419 g/mol. The summed E-state index contributed by atoms with van der Waals surface area (Å²) in [5, 5.41) is 30.6. The number of fused-ring (bicyclic) bond motifs is 2. The van der Waals surface area contributed by atoms with Gasteiger partial charge in [0.15, 0.2) is 5.52 Å². The highest BCUT2D eigenvalue weighted by Gasteiger charge is 2.31. The molecule has 0 aliphatic rings. The van der Waals surface area contributed by atoms with E-state index in [0.717, 1.165) is 11.1 Å². The van der Waals surface area contributed by atoms with Crippen molar-refractivity contribution >= 4 is 30.5 Å². The Bertz CT molecular complexity index is 1240. The molecule has 2 aromatic heterocycles. The molecule has 12 nitrogen and oxygen atoms in total. The lowest BCUT2D eigenvalue weighted by Crippen LogP contribution is -2.51. The second-order valence-corrected chi connectivity index (χ2v) is 7.65. The predicted octanol–water partition coefficient (Wildman–Crippen LogP) is -1.58. The summed E-state index contributed by atoms with van der Waals surface area (Å²) in [5.74, 6) is 0. The molecule has 13 heteroatoms. The topological polar surface area (TPSA) is 190 Å². The van der Waals surface area contributed by atoms with Crippen molar-refractivity contribution in [2.45, 2.75) is 38.7 Å². The quantitative estimate of drug-likeness (QED) is 0.143. The fourth-order valence-electron chi connectivity index (χ4n) is 3.08. The molecule has 0 radical (unpaired) electrons. The number of aliphatic hydroxyl groups excluding tert-OH is 3. The van der Waals surface area contributed by atoms with Crippen LogP contribution in [0.25, 0.3) is 22.2 Å². The van der Waals surface area contributed by atoms with Crippen LogP contribution in [0.15, 0.2) is 21.7 Å². The molecule has 30 heavy (non-hydrogen) atoms. The lowest BCUT2D eigenvalue weighted by atomic mass is 10.1. The van der Waals surface area contributed by atoms with Crippen molar-refractivity contribution in [3.8, 4) is 0 Å². The first-order valence-corrected chi connectivity index (χ1v) is 10.0. The predicted molar refractivity (Wildman–Crippen MR) is 104 cm³/mol. The van der Waals surface area contributed by atoms with Crippen molar-refractivity contribution in [3.63, 3.8) is 0 Å². The largest absolute Gasteiger partial charge is 0.694 e. The highest BCUT2D eigenvalue weighted by Crippen LogP contribution is 2.18. The van der Waals surface area contributed by atoms with Crippen molar-refractivity contribution in [2.75, 3.05) is 6.61 Å². The number of hydrogen-bond donors (Lipinski definition) is 6. The van der Waals surface area contributed by atoms with Crippen LogP contribution < -0.4 is 15.8 Å². The summed E-state index contributed by atoms with van der Waals surface area (Å²) < 4.78 is 16.4. The summed E-state index contributed by atoms with van der Waals surface area (Å²) in [6, 6.07) is 3.50. The number of rotatable bonds is 7. The summed E-state index contributed by atoms with van der Waals surface area (Å²) in [5.41, 5.74) is 1.14. The van der Waals surface area contributed by atoms with Gasteiger partial charge in [-0.25, -0.2) is 14.3 Å². The SMILES string of the molecule is Cc1cc2nc3c(=O)[nH]c(=O)[nH]c3[n+](C[C@H](O)[C@H](O)[C@H](O)CO[P+](=O)O)c2cc1C. The molecule has 4 atom stereocenters. The normalized spacial score (nSPS) is 15.3. The minimum Gasteiger partial charge on any atom is -0.388 e. The van der Waals surface area contributed by atoms with Crippen molar-refractivity contribution in [1.82, 2.24) is 15.0 Å². The van der Waals surface area contributed by atoms with Gasteiger partial charge in [-0.2, -0.15) is 4.98 Å². The highest BCUT2D eigenvalue weighted by atomic mass is 31.1. The van der Waals surface area contributed by atoms with E-state index in [0.29, 0.717) is 11.0 Å². The number of H-pyrrole nitrogens is 2.